The van der Waals surface area contributed by atoms with Gasteiger partial charge in [-0.2, -0.15) is 0 Å². The second-order valence-electron chi connectivity index (χ2n) is 4.92. The maximum absolute atomic E-state index is 6.02. The number of rotatable bonds is 2. The molecule has 18 heavy (non-hydrogen) atoms. The van der Waals surface area contributed by atoms with Gasteiger partial charge in [-0.25, -0.2) is 9.97 Å². The van der Waals surface area contributed by atoms with Crippen LogP contribution in [0.4, 0.5) is 0 Å². The van der Waals surface area contributed by atoms with Crippen molar-refractivity contribution in [1.82, 2.24) is 14.5 Å². The largest absolute Gasteiger partial charge is 0.324 e. The van der Waals surface area contributed by atoms with Crippen LogP contribution in [0.2, 0.25) is 0 Å². The summed E-state index contributed by atoms with van der Waals surface area (Å²) in [6, 6.07) is 3.96. The molecule has 0 bridgehead atoms. The number of nitrogens with zero attached hydrogens (tertiary/aromatic N) is 3. The molecule has 1 atom stereocenters. The predicted molar refractivity (Wildman–Crippen MR) is 70.6 cm³/mol. The average Bonchev–Trinajstić information content (AvgIpc) is 2.82. The quantitative estimate of drug-likeness (QED) is 0.878. The highest BCUT2D eigenvalue weighted by molar-refractivity contribution is 5.39. The molecule has 1 aliphatic rings. The minimum atomic E-state index is -0.0182. The second-order valence-corrected chi connectivity index (χ2v) is 4.92. The Kier molecular flexibility index (Phi) is 2.88. The van der Waals surface area contributed by atoms with Crippen LogP contribution >= 0.6 is 0 Å². The Labute approximate surface area is 107 Å². The highest BCUT2D eigenvalue weighted by Crippen LogP contribution is 2.25. The molecule has 4 heteroatoms. The maximum atomic E-state index is 6.02. The summed E-state index contributed by atoms with van der Waals surface area (Å²) >= 11 is 0. The van der Waals surface area contributed by atoms with Crippen molar-refractivity contribution in [1.29, 1.82) is 0 Å². The summed E-state index contributed by atoms with van der Waals surface area (Å²) in [5.41, 5.74) is 9.63. The molecule has 2 aromatic rings. The molecule has 0 fully saturated rings. The van der Waals surface area contributed by atoms with Crippen molar-refractivity contribution in [3.8, 4) is 5.82 Å². The molecule has 0 saturated heterocycles. The van der Waals surface area contributed by atoms with Gasteiger partial charge in [-0.1, -0.05) is 6.07 Å². The Balaban J connectivity index is 2.13. The first kappa shape index (κ1) is 11.4. The van der Waals surface area contributed by atoms with Crippen molar-refractivity contribution in [2.24, 2.45) is 5.73 Å². The second kappa shape index (κ2) is 4.53. The number of pyridine rings is 1. The van der Waals surface area contributed by atoms with Gasteiger partial charge in [0.15, 0.2) is 0 Å². The van der Waals surface area contributed by atoms with Gasteiger partial charge in [-0.15, -0.1) is 0 Å². The number of hydrogen-bond donors (Lipinski definition) is 1. The van der Waals surface area contributed by atoms with E-state index in [-0.39, 0.29) is 6.04 Å². The van der Waals surface area contributed by atoms with Gasteiger partial charge >= 0.3 is 0 Å². The Morgan fingerprint density at radius 1 is 1.28 bits per heavy atom. The predicted octanol–water partition coefficient (Wildman–Crippen LogP) is 2.17. The minimum Gasteiger partial charge on any atom is -0.324 e. The molecule has 0 spiro atoms. The normalized spacial score (nSPS) is 16.3. The molecule has 0 saturated carbocycles. The minimum absolute atomic E-state index is 0.0182. The summed E-state index contributed by atoms with van der Waals surface area (Å²) in [5.74, 6) is 0.933. The highest BCUT2D eigenvalue weighted by Gasteiger charge is 2.18. The topological polar surface area (TPSA) is 56.7 Å². The van der Waals surface area contributed by atoms with E-state index >= 15 is 0 Å². The van der Waals surface area contributed by atoms with Gasteiger partial charge in [-0.3, -0.25) is 4.57 Å². The van der Waals surface area contributed by atoms with Crippen molar-refractivity contribution in [2.75, 3.05) is 0 Å². The van der Waals surface area contributed by atoms with Crippen molar-refractivity contribution in [2.45, 2.75) is 38.6 Å². The van der Waals surface area contributed by atoms with Gasteiger partial charge in [-0.05, 0) is 38.7 Å². The molecule has 0 radical (unpaired) electrons. The molecule has 0 unspecified atom stereocenters. The molecule has 0 amide bonds. The van der Waals surface area contributed by atoms with Crippen LogP contribution in [0.1, 0.15) is 42.8 Å². The number of imidazole rings is 1. The third-order valence-electron chi connectivity index (χ3n) is 3.57. The van der Waals surface area contributed by atoms with E-state index < -0.39 is 0 Å². The lowest BCUT2D eigenvalue weighted by Crippen LogP contribution is -2.13. The molecule has 0 aliphatic heterocycles. The van der Waals surface area contributed by atoms with Gasteiger partial charge in [0.2, 0.25) is 0 Å². The molecule has 0 aromatic carbocycles. The zero-order valence-electron chi connectivity index (χ0n) is 10.6. The van der Waals surface area contributed by atoms with Crippen LogP contribution in [0.15, 0.2) is 24.7 Å². The van der Waals surface area contributed by atoms with Crippen LogP contribution < -0.4 is 5.73 Å². The summed E-state index contributed by atoms with van der Waals surface area (Å²) in [7, 11) is 0. The van der Waals surface area contributed by atoms with Gasteiger partial charge in [0.05, 0.1) is 5.69 Å². The summed E-state index contributed by atoms with van der Waals surface area (Å²) < 4.78 is 2.12. The van der Waals surface area contributed by atoms with Crippen LogP contribution in [-0.2, 0) is 12.8 Å². The lowest BCUT2D eigenvalue weighted by Gasteiger charge is -2.17. The fraction of sp³-hybridized carbons (Fsp3) is 0.429. The Morgan fingerprint density at radius 2 is 2.11 bits per heavy atom. The molecule has 3 rings (SSSR count). The van der Waals surface area contributed by atoms with Crippen molar-refractivity contribution in [3.63, 3.8) is 0 Å². The molecule has 94 valence electrons. The Hall–Kier alpha value is -1.68. The summed E-state index contributed by atoms with van der Waals surface area (Å²) in [6.45, 7) is 1.99. The molecular weight excluding hydrogens is 224 g/mol. The van der Waals surface area contributed by atoms with Gasteiger partial charge < -0.3 is 5.73 Å². The fourth-order valence-electron chi connectivity index (χ4n) is 2.62. The molecule has 4 nitrogen and oxygen atoms in total. The number of nitrogens with two attached hydrogens (primary N) is 1. The number of fused-ring (bicyclic) bond motifs is 1. The fourth-order valence-corrected chi connectivity index (χ4v) is 2.62. The number of aryl methyl sites for hydroxylation is 1. The SMILES string of the molecule is C[C@@H](N)c1cccnc1-n1cnc2c1CCCC2. The lowest BCUT2D eigenvalue weighted by molar-refractivity contribution is 0.651. The first-order chi connectivity index (χ1) is 8.77. The Morgan fingerprint density at radius 3 is 2.94 bits per heavy atom. The van der Waals surface area contributed by atoms with E-state index in [1.165, 1.54) is 24.2 Å². The summed E-state index contributed by atoms with van der Waals surface area (Å²) in [4.78, 5) is 9.01. The zero-order valence-corrected chi connectivity index (χ0v) is 10.6. The first-order valence-electron chi connectivity index (χ1n) is 6.53. The monoisotopic (exact) mass is 242 g/mol. The van der Waals surface area contributed by atoms with Crippen LogP contribution in [0.25, 0.3) is 5.82 Å². The van der Waals surface area contributed by atoms with Gasteiger partial charge in [0.25, 0.3) is 0 Å². The lowest BCUT2D eigenvalue weighted by atomic mass is 10.0. The van der Waals surface area contributed by atoms with Gasteiger partial charge in [0.1, 0.15) is 12.1 Å². The summed E-state index contributed by atoms with van der Waals surface area (Å²) in [5, 5.41) is 0. The molecule has 2 heterocycles. The molecular formula is C14H18N4. The maximum Gasteiger partial charge on any atom is 0.142 e. The van der Waals surface area contributed by atoms with Crippen molar-refractivity contribution >= 4 is 0 Å². The average molecular weight is 242 g/mol. The standard InChI is InChI=1S/C14H18N4/c1-10(15)11-5-4-8-16-14(11)18-9-17-12-6-2-3-7-13(12)18/h4-5,8-10H,2-3,6-7,15H2,1H3/t10-/m1/s1. The Bertz CT molecular complexity index is 557. The smallest absolute Gasteiger partial charge is 0.142 e. The molecule has 2 aromatic heterocycles. The van der Waals surface area contributed by atoms with E-state index in [2.05, 4.69) is 14.5 Å². The number of hydrogen-bond acceptors (Lipinski definition) is 3. The van der Waals surface area contributed by atoms with Crippen molar-refractivity contribution < 1.29 is 0 Å². The van der Waals surface area contributed by atoms with Gasteiger partial charge in [0, 0.05) is 23.5 Å². The van der Waals surface area contributed by atoms with Crippen LogP contribution in [0, 0.1) is 0 Å². The highest BCUT2D eigenvalue weighted by atomic mass is 15.1. The summed E-state index contributed by atoms with van der Waals surface area (Å²) in [6.07, 6.45) is 8.36. The third-order valence-corrected chi connectivity index (χ3v) is 3.57. The third kappa shape index (κ3) is 1.82. The zero-order chi connectivity index (χ0) is 12.5. The first-order valence-corrected chi connectivity index (χ1v) is 6.53. The van der Waals surface area contributed by atoms with E-state index in [4.69, 9.17) is 5.73 Å². The van der Waals surface area contributed by atoms with E-state index in [0.717, 1.165) is 24.2 Å². The molecule has 2 N–H and O–H groups in total. The van der Waals surface area contributed by atoms with Crippen LogP contribution in [0.5, 0.6) is 0 Å². The number of aromatic nitrogens is 3. The van der Waals surface area contributed by atoms with E-state index in [9.17, 15) is 0 Å². The van der Waals surface area contributed by atoms with E-state index in [1.54, 1.807) is 0 Å². The molecule has 1 aliphatic carbocycles. The van der Waals surface area contributed by atoms with Crippen LogP contribution in [0.3, 0.4) is 0 Å². The van der Waals surface area contributed by atoms with Crippen LogP contribution in [-0.4, -0.2) is 14.5 Å². The van der Waals surface area contributed by atoms with E-state index in [0.29, 0.717) is 0 Å². The van der Waals surface area contributed by atoms with E-state index in [1.807, 2.05) is 31.6 Å². The van der Waals surface area contributed by atoms with Crippen molar-refractivity contribution in [3.05, 3.63) is 41.6 Å².